The minimum Gasteiger partial charge on any atom is -0.316 e. The lowest BCUT2D eigenvalue weighted by Crippen LogP contribution is -2.54. The van der Waals surface area contributed by atoms with Crippen molar-refractivity contribution in [3.63, 3.8) is 0 Å². The summed E-state index contributed by atoms with van der Waals surface area (Å²) in [5, 5.41) is 3.60. The molecule has 1 N–H and O–H groups in total. The van der Waals surface area contributed by atoms with Gasteiger partial charge in [0.25, 0.3) is 0 Å². The molecule has 106 valence electrons. The van der Waals surface area contributed by atoms with Gasteiger partial charge in [-0.2, -0.15) is 0 Å². The Morgan fingerprint density at radius 1 is 1.17 bits per heavy atom. The van der Waals surface area contributed by atoms with E-state index < -0.39 is 0 Å². The first kappa shape index (κ1) is 14.3. The minimum absolute atomic E-state index is 0.833. The Morgan fingerprint density at radius 3 is 2.44 bits per heavy atom. The molecule has 2 aliphatic rings. The van der Waals surface area contributed by atoms with E-state index in [0.717, 1.165) is 18.0 Å². The van der Waals surface area contributed by atoms with Crippen LogP contribution in [-0.4, -0.2) is 62.2 Å². The topological polar surface area (TPSA) is 18.5 Å². The molecular weight excluding hydrogens is 222 g/mol. The van der Waals surface area contributed by atoms with Gasteiger partial charge in [0.15, 0.2) is 0 Å². The molecule has 0 bridgehead atoms. The molecule has 0 spiro atoms. The summed E-state index contributed by atoms with van der Waals surface area (Å²) in [7, 11) is 4.61. The number of nitrogens with zero attached hydrogens (tertiary/aromatic N) is 2. The van der Waals surface area contributed by atoms with Crippen molar-refractivity contribution in [2.45, 2.75) is 51.1 Å². The predicted molar refractivity (Wildman–Crippen MR) is 78.0 cm³/mol. The number of rotatable bonds is 6. The van der Waals surface area contributed by atoms with Gasteiger partial charge in [-0.25, -0.2) is 0 Å². The highest BCUT2D eigenvalue weighted by Gasteiger charge is 2.36. The van der Waals surface area contributed by atoms with Gasteiger partial charge in [0.05, 0.1) is 0 Å². The van der Waals surface area contributed by atoms with Crippen LogP contribution >= 0.6 is 0 Å². The fourth-order valence-corrected chi connectivity index (χ4v) is 3.46. The molecule has 0 aromatic rings. The monoisotopic (exact) mass is 253 g/mol. The second kappa shape index (κ2) is 6.88. The SMILES string of the molecule is CCCNCC1CCC1N(C)C1CCN(C)CC1. The molecule has 0 amide bonds. The van der Waals surface area contributed by atoms with E-state index in [9.17, 15) is 0 Å². The third-order valence-corrected chi connectivity index (χ3v) is 5.00. The Balaban J connectivity index is 1.73. The molecule has 2 unspecified atom stereocenters. The molecule has 0 aromatic carbocycles. The van der Waals surface area contributed by atoms with Gasteiger partial charge in [-0.3, -0.25) is 0 Å². The Labute approximate surface area is 113 Å². The van der Waals surface area contributed by atoms with Gasteiger partial charge in [-0.15, -0.1) is 0 Å². The normalized spacial score (nSPS) is 30.7. The summed E-state index contributed by atoms with van der Waals surface area (Å²) in [6.07, 6.45) is 6.82. The number of likely N-dealkylation sites (tertiary alicyclic amines) is 1. The Hall–Kier alpha value is -0.120. The standard InChI is InChI=1S/C15H31N3/c1-4-9-16-12-13-5-6-15(13)18(3)14-7-10-17(2)11-8-14/h13-16H,4-12H2,1-3H3. The lowest BCUT2D eigenvalue weighted by molar-refractivity contribution is 0.0266. The molecule has 0 radical (unpaired) electrons. The van der Waals surface area contributed by atoms with Crippen molar-refractivity contribution in [1.82, 2.24) is 15.1 Å². The van der Waals surface area contributed by atoms with Gasteiger partial charge in [0.1, 0.15) is 0 Å². The molecule has 2 fully saturated rings. The highest BCUT2D eigenvalue weighted by Crippen LogP contribution is 2.33. The summed E-state index contributed by atoms with van der Waals surface area (Å²) in [6.45, 7) is 7.22. The third-order valence-electron chi connectivity index (χ3n) is 5.00. The van der Waals surface area contributed by atoms with E-state index in [1.165, 1.54) is 58.3 Å². The zero-order valence-corrected chi connectivity index (χ0v) is 12.5. The van der Waals surface area contributed by atoms with Crippen LogP contribution in [0.2, 0.25) is 0 Å². The third kappa shape index (κ3) is 3.46. The lowest BCUT2D eigenvalue weighted by atomic mass is 9.77. The van der Waals surface area contributed by atoms with E-state index in [2.05, 4.69) is 36.1 Å². The van der Waals surface area contributed by atoms with Crippen molar-refractivity contribution < 1.29 is 0 Å². The van der Waals surface area contributed by atoms with Crippen molar-refractivity contribution >= 4 is 0 Å². The fraction of sp³-hybridized carbons (Fsp3) is 1.00. The summed E-state index contributed by atoms with van der Waals surface area (Å²) in [4.78, 5) is 5.17. The summed E-state index contributed by atoms with van der Waals surface area (Å²) in [6, 6.07) is 1.68. The number of nitrogens with one attached hydrogen (secondary N) is 1. The van der Waals surface area contributed by atoms with Crippen LogP contribution < -0.4 is 5.32 Å². The van der Waals surface area contributed by atoms with Gasteiger partial charge < -0.3 is 15.1 Å². The van der Waals surface area contributed by atoms with E-state index in [4.69, 9.17) is 0 Å². The van der Waals surface area contributed by atoms with Crippen LogP contribution in [0.15, 0.2) is 0 Å². The van der Waals surface area contributed by atoms with Crippen LogP contribution in [0.4, 0.5) is 0 Å². The summed E-state index contributed by atoms with van der Waals surface area (Å²) in [5.41, 5.74) is 0. The van der Waals surface area contributed by atoms with E-state index in [0.29, 0.717) is 0 Å². The van der Waals surface area contributed by atoms with E-state index >= 15 is 0 Å². The van der Waals surface area contributed by atoms with E-state index in [-0.39, 0.29) is 0 Å². The van der Waals surface area contributed by atoms with E-state index in [1.54, 1.807) is 0 Å². The zero-order chi connectivity index (χ0) is 13.0. The second-order valence-electron chi connectivity index (χ2n) is 6.31. The maximum atomic E-state index is 3.60. The maximum absolute atomic E-state index is 3.60. The van der Waals surface area contributed by atoms with Crippen molar-refractivity contribution in [2.75, 3.05) is 40.3 Å². The van der Waals surface area contributed by atoms with Gasteiger partial charge >= 0.3 is 0 Å². The summed E-state index contributed by atoms with van der Waals surface area (Å²) < 4.78 is 0. The van der Waals surface area contributed by atoms with Gasteiger partial charge in [0, 0.05) is 12.1 Å². The van der Waals surface area contributed by atoms with E-state index in [1.807, 2.05) is 0 Å². The Kier molecular flexibility index (Phi) is 5.46. The van der Waals surface area contributed by atoms with Gasteiger partial charge in [0.2, 0.25) is 0 Å². The minimum atomic E-state index is 0.833. The fourth-order valence-electron chi connectivity index (χ4n) is 3.46. The predicted octanol–water partition coefficient (Wildman–Crippen LogP) is 1.79. The Bertz CT molecular complexity index is 236. The first-order valence-electron chi connectivity index (χ1n) is 7.83. The molecule has 2 rings (SSSR count). The van der Waals surface area contributed by atoms with Crippen LogP contribution in [-0.2, 0) is 0 Å². The molecule has 1 saturated carbocycles. The smallest absolute Gasteiger partial charge is 0.0136 e. The molecule has 1 saturated heterocycles. The van der Waals surface area contributed by atoms with Gasteiger partial charge in [-0.05, 0) is 78.3 Å². The maximum Gasteiger partial charge on any atom is 0.0136 e. The van der Waals surface area contributed by atoms with Gasteiger partial charge in [-0.1, -0.05) is 6.92 Å². The molecule has 0 aromatic heterocycles. The number of hydrogen-bond acceptors (Lipinski definition) is 3. The average Bonchev–Trinajstić information content (AvgIpc) is 2.34. The zero-order valence-electron chi connectivity index (χ0n) is 12.5. The highest BCUT2D eigenvalue weighted by molar-refractivity contribution is 4.92. The quantitative estimate of drug-likeness (QED) is 0.728. The first-order chi connectivity index (χ1) is 8.72. The number of hydrogen-bond donors (Lipinski definition) is 1. The van der Waals surface area contributed by atoms with Crippen molar-refractivity contribution in [2.24, 2.45) is 5.92 Å². The molecule has 3 heteroatoms. The molecule has 1 aliphatic heterocycles. The molecule has 1 aliphatic carbocycles. The molecule has 18 heavy (non-hydrogen) atoms. The summed E-state index contributed by atoms with van der Waals surface area (Å²) >= 11 is 0. The van der Waals surface area contributed by atoms with Crippen LogP contribution in [0.3, 0.4) is 0 Å². The number of piperidine rings is 1. The summed E-state index contributed by atoms with van der Waals surface area (Å²) in [5.74, 6) is 0.904. The van der Waals surface area contributed by atoms with Crippen LogP contribution in [0.5, 0.6) is 0 Å². The van der Waals surface area contributed by atoms with Crippen LogP contribution in [0.1, 0.15) is 39.0 Å². The molecule has 2 atom stereocenters. The highest BCUT2D eigenvalue weighted by atomic mass is 15.2. The van der Waals surface area contributed by atoms with Crippen molar-refractivity contribution in [3.05, 3.63) is 0 Å². The average molecular weight is 253 g/mol. The molecular formula is C15H31N3. The molecule has 1 heterocycles. The van der Waals surface area contributed by atoms with Crippen LogP contribution in [0.25, 0.3) is 0 Å². The molecule has 3 nitrogen and oxygen atoms in total. The van der Waals surface area contributed by atoms with Crippen molar-refractivity contribution in [3.8, 4) is 0 Å². The Morgan fingerprint density at radius 2 is 1.89 bits per heavy atom. The first-order valence-corrected chi connectivity index (χ1v) is 7.83. The van der Waals surface area contributed by atoms with Crippen molar-refractivity contribution in [1.29, 1.82) is 0 Å². The van der Waals surface area contributed by atoms with Crippen LogP contribution in [0, 0.1) is 5.92 Å². The second-order valence-corrected chi connectivity index (χ2v) is 6.31. The lowest BCUT2D eigenvalue weighted by Gasteiger charge is -2.48. The largest absolute Gasteiger partial charge is 0.316 e.